The van der Waals surface area contributed by atoms with Crippen LogP contribution in [0.1, 0.15) is 5.56 Å². The zero-order valence-electron chi connectivity index (χ0n) is 16.9. The fourth-order valence-electron chi connectivity index (χ4n) is 3.24. The maximum absolute atomic E-state index is 13.1. The smallest absolute Gasteiger partial charge is 0.327 e. The number of halogens is 3. The maximum atomic E-state index is 13.1. The third-order valence-electron chi connectivity index (χ3n) is 4.80. The van der Waals surface area contributed by atoms with E-state index in [9.17, 15) is 37.7 Å². The van der Waals surface area contributed by atoms with E-state index < -0.39 is 53.6 Å². The van der Waals surface area contributed by atoms with E-state index >= 15 is 0 Å². The molecule has 0 saturated carbocycles. The van der Waals surface area contributed by atoms with Gasteiger partial charge in [-0.2, -0.15) is 13.2 Å². The summed E-state index contributed by atoms with van der Waals surface area (Å²) < 4.78 is 42.3. The molecule has 170 valence electrons. The molecule has 0 aliphatic carbocycles. The second kappa shape index (κ2) is 8.28. The molecule has 0 aliphatic heterocycles. The molecule has 3 aromatic rings. The molecule has 1 amide bonds. The highest BCUT2D eigenvalue weighted by atomic mass is 19.4. The van der Waals surface area contributed by atoms with Crippen LogP contribution in [0.5, 0.6) is 0 Å². The predicted octanol–water partition coefficient (Wildman–Crippen LogP) is 0.933. The van der Waals surface area contributed by atoms with E-state index in [-0.39, 0.29) is 16.7 Å². The highest BCUT2D eigenvalue weighted by molar-refractivity contribution is 5.79. The number of hydrogen-bond donors (Lipinski definition) is 0. The molecule has 3 rings (SSSR count). The summed E-state index contributed by atoms with van der Waals surface area (Å²) in [7, 11) is 2.57. The van der Waals surface area contributed by atoms with Crippen LogP contribution in [0.4, 0.5) is 18.9 Å². The molecule has 2 aromatic heterocycles. The van der Waals surface area contributed by atoms with Gasteiger partial charge in [0.05, 0.1) is 17.8 Å². The Balaban J connectivity index is 1.99. The first kappa shape index (κ1) is 22.7. The number of hydrogen-bond acceptors (Lipinski definition) is 6. The summed E-state index contributed by atoms with van der Waals surface area (Å²) in [5.41, 5.74) is -2.11. The van der Waals surface area contributed by atoms with Crippen molar-refractivity contribution in [3.05, 3.63) is 67.1 Å². The van der Waals surface area contributed by atoms with Crippen molar-refractivity contribution in [2.45, 2.75) is 19.3 Å². The van der Waals surface area contributed by atoms with Crippen LogP contribution in [-0.2, 0) is 32.0 Å². The minimum Gasteiger partial charge on any atom is -0.327 e. The third kappa shape index (κ3) is 4.38. The summed E-state index contributed by atoms with van der Waals surface area (Å²) in [5.74, 6) is -1.05. The Hall–Kier alpha value is -3.97. The van der Waals surface area contributed by atoms with Gasteiger partial charge in [0.1, 0.15) is 13.1 Å². The summed E-state index contributed by atoms with van der Waals surface area (Å²) >= 11 is 0. The van der Waals surface area contributed by atoms with Gasteiger partial charge in [-0.1, -0.05) is 18.2 Å². The van der Waals surface area contributed by atoms with Gasteiger partial charge in [0.2, 0.25) is 5.91 Å². The number of rotatable bonds is 6. The number of imidazole rings is 1. The van der Waals surface area contributed by atoms with Crippen molar-refractivity contribution in [3.63, 3.8) is 0 Å². The Morgan fingerprint density at radius 3 is 2.47 bits per heavy atom. The molecule has 0 saturated heterocycles. The van der Waals surface area contributed by atoms with E-state index in [0.717, 1.165) is 26.1 Å². The van der Waals surface area contributed by atoms with Gasteiger partial charge in [0.15, 0.2) is 11.2 Å². The molecule has 0 atom stereocenters. The van der Waals surface area contributed by atoms with Crippen LogP contribution < -0.4 is 11.2 Å². The van der Waals surface area contributed by atoms with Crippen LogP contribution in [0.25, 0.3) is 11.2 Å². The number of alkyl halides is 3. The molecule has 0 radical (unpaired) electrons. The van der Waals surface area contributed by atoms with Crippen molar-refractivity contribution >= 4 is 22.8 Å². The Bertz CT molecular complexity index is 1320. The van der Waals surface area contributed by atoms with Gasteiger partial charge >= 0.3 is 11.9 Å². The van der Waals surface area contributed by atoms with Crippen LogP contribution in [0.15, 0.2) is 40.2 Å². The highest BCUT2D eigenvalue weighted by Crippen LogP contribution is 2.23. The number of carbonyl (C=O) groups excluding carboxylic acids is 1. The molecule has 0 unspecified atom stereocenters. The zero-order valence-corrected chi connectivity index (χ0v) is 16.9. The molecule has 11 nitrogen and oxygen atoms in total. The number of aryl methyl sites for hydroxylation is 1. The number of nitrogens with zero attached hydrogens (tertiary/aromatic N) is 6. The normalized spacial score (nSPS) is 11.7. The molecule has 0 fully saturated rings. The molecular formula is C18H17F3N6O5. The van der Waals surface area contributed by atoms with E-state index in [2.05, 4.69) is 4.98 Å². The first-order valence-corrected chi connectivity index (χ1v) is 9.08. The fourth-order valence-corrected chi connectivity index (χ4v) is 3.24. The topological polar surface area (TPSA) is 125 Å². The van der Waals surface area contributed by atoms with Crippen molar-refractivity contribution in [3.8, 4) is 0 Å². The molecule has 32 heavy (non-hydrogen) atoms. The van der Waals surface area contributed by atoms with E-state index in [1.807, 2.05) is 0 Å². The number of nitro benzene ring substituents is 1. The lowest BCUT2D eigenvalue weighted by Crippen LogP contribution is -2.41. The summed E-state index contributed by atoms with van der Waals surface area (Å²) in [4.78, 5) is 52.1. The predicted molar refractivity (Wildman–Crippen MR) is 105 cm³/mol. The van der Waals surface area contributed by atoms with Gasteiger partial charge in [-0.3, -0.25) is 28.8 Å². The Morgan fingerprint density at radius 1 is 1.19 bits per heavy atom. The first-order valence-electron chi connectivity index (χ1n) is 9.08. The lowest BCUT2D eigenvalue weighted by Gasteiger charge is -2.24. The second-order valence-electron chi connectivity index (χ2n) is 7.00. The van der Waals surface area contributed by atoms with Crippen molar-refractivity contribution in [1.82, 2.24) is 23.6 Å². The molecule has 0 spiro atoms. The van der Waals surface area contributed by atoms with Crippen LogP contribution in [-0.4, -0.2) is 47.1 Å². The van der Waals surface area contributed by atoms with Crippen LogP contribution in [0.3, 0.4) is 0 Å². The molecule has 1 aromatic carbocycles. The molecule has 0 N–H and O–H groups in total. The largest absolute Gasteiger partial charge is 0.406 e. The summed E-state index contributed by atoms with van der Waals surface area (Å²) in [6.45, 7) is -3.01. The average Bonchev–Trinajstić information content (AvgIpc) is 3.13. The van der Waals surface area contributed by atoms with Gasteiger partial charge < -0.3 is 9.47 Å². The van der Waals surface area contributed by atoms with Crippen LogP contribution in [0, 0.1) is 10.1 Å². The van der Waals surface area contributed by atoms with E-state index in [0.29, 0.717) is 4.90 Å². The van der Waals surface area contributed by atoms with Crippen LogP contribution in [0.2, 0.25) is 0 Å². The number of fused-ring (bicyclic) bond motifs is 1. The van der Waals surface area contributed by atoms with Crippen LogP contribution >= 0.6 is 0 Å². The van der Waals surface area contributed by atoms with Gasteiger partial charge in [-0.25, -0.2) is 9.78 Å². The van der Waals surface area contributed by atoms with E-state index in [1.165, 1.54) is 32.3 Å². The van der Waals surface area contributed by atoms with Gasteiger partial charge in [0.25, 0.3) is 11.2 Å². The minimum absolute atomic E-state index is 0.0352. The Morgan fingerprint density at radius 2 is 1.84 bits per heavy atom. The van der Waals surface area contributed by atoms with Crippen molar-refractivity contribution in [1.29, 1.82) is 0 Å². The number of aromatic nitrogens is 4. The van der Waals surface area contributed by atoms with Gasteiger partial charge in [-0.05, 0) is 0 Å². The Kier molecular flexibility index (Phi) is 5.88. The average molecular weight is 454 g/mol. The van der Waals surface area contributed by atoms with Crippen molar-refractivity contribution < 1.29 is 22.9 Å². The number of benzene rings is 1. The molecule has 14 heteroatoms. The summed E-state index contributed by atoms with van der Waals surface area (Å²) in [6.07, 6.45) is -3.70. The first-order chi connectivity index (χ1) is 14.9. The quantitative estimate of drug-likeness (QED) is 0.403. The van der Waals surface area contributed by atoms with E-state index in [1.54, 1.807) is 0 Å². The van der Waals surface area contributed by atoms with E-state index in [4.69, 9.17) is 0 Å². The second-order valence-corrected chi connectivity index (χ2v) is 7.00. The summed E-state index contributed by atoms with van der Waals surface area (Å²) in [5, 5.41) is 11.2. The molecule has 2 heterocycles. The minimum atomic E-state index is -4.77. The Labute approximate surface area is 177 Å². The van der Waals surface area contributed by atoms with Gasteiger partial charge in [0, 0.05) is 25.7 Å². The summed E-state index contributed by atoms with van der Waals surface area (Å²) in [6, 6.07) is 5.15. The van der Waals surface area contributed by atoms with Crippen molar-refractivity contribution in [2.75, 3.05) is 6.54 Å². The SMILES string of the molecule is Cn1c(=O)c2c(ncn2CC(=O)N(Cc2ccccc2[N+](=O)[O-])CC(F)(F)F)n(C)c1=O. The monoisotopic (exact) mass is 454 g/mol. The fraction of sp³-hybridized carbons (Fsp3) is 0.333. The maximum Gasteiger partial charge on any atom is 0.406 e. The van der Waals surface area contributed by atoms with Gasteiger partial charge in [-0.15, -0.1) is 0 Å². The molecular weight excluding hydrogens is 437 g/mol. The number of carbonyl (C=O) groups is 1. The zero-order chi connectivity index (χ0) is 23.8. The third-order valence-corrected chi connectivity index (χ3v) is 4.80. The standard InChI is InChI=1S/C18H17F3N6O5/c1-23-15-14(16(29)24(2)17(23)30)26(10-22-15)8-13(28)25(9-18(19,20)21)7-11-5-3-4-6-12(11)27(31)32/h3-6,10H,7-9H2,1-2H3. The molecule has 0 aliphatic rings. The highest BCUT2D eigenvalue weighted by Gasteiger charge is 2.34. The number of nitro groups is 1. The lowest BCUT2D eigenvalue weighted by molar-refractivity contribution is -0.385. The molecule has 0 bridgehead atoms. The number of para-hydroxylation sites is 1. The number of amides is 1. The van der Waals surface area contributed by atoms with Crippen molar-refractivity contribution in [2.24, 2.45) is 14.1 Å². The lowest BCUT2D eigenvalue weighted by atomic mass is 10.1.